The van der Waals surface area contributed by atoms with Gasteiger partial charge in [-0.05, 0) is 83.6 Å². The Morgan fingerprint density at radius 1 is 1.12 bits per heavy atom. The lowest BCUT2D eigenvalue weighted by atomic mass is 10.00. The molecule has 0 bridgehead atoms. The normalized spacial score (nSPS) is 15.8. The second-order valence-corrected chi connectivity index (χ2v) is 11.5. The van der Waals surface area contributed by atoms with Crippen LogP contribution in [0.15, 0.2) is 77.1 Å². The Morgan fingerprint density at radius 2 is 1.71 bits per heavy atom. The molecule has 1 fully saturated rings. The van der Waals surface area contributed by atoms with Crippen LogP contribution < -0.4 is 11.6 Å². The first-order chi connectivity index (χ1) is 19.4. The van der Waals surface area contributed by atoms with E-state index in [1.807, 2.05) is 56.4 Å². The fourth-order valence-electron chi connectivity index (χ4n) is 5.09. The molecule has 2 aromatic heterocycles. The van der Waals surface area contributed by atoms with Gasteiger partial charge in [0.05, 0.1) is 11.4 Å². The number of benzene rings is 1. The zero-order valence-corrected chi connectivity index (χ0v) is 25.9. The van der Waals surface area contributed by atoms with Crippen LogP contribution in [-0.2, 0) is 16.9 Å². The van der Waals surface area contributed by atoms with Gasteiger partial charge in [0, 0.05) is 49.2 Å². The molecular weight excluding hydrogens is 510 g/mol. The monoisotopic (exact) mass is 559 g/mol. The van der Waals surface area contributed by atoms with Crippen molar-refractivity contribution in [2.45, 2.75) is 73.0 Å². The van der Waals surface area contributed by atoms with E-state index in [0.29, 0.717) is 17.3 Å². The molecule has 3 aromatic rings. The Morgan fingerprint density at radius 3 is 2.20 bits per heavy atom. The SMILES string of the molecule is CC/C(C)=C/C(=C\c1c(C)c2ccc(C(C)(C)O)nc2n1CC1CCOCC1)C(=C(\C)N)/N(C)N.c1ccccc1. The summed E-state index contributed by atoms with van der Waals surface area (Å²) in [5, 5.41) is 13.3. The second-order valence-electron chi connectivity index (χ2n) is 11.5. The molecule has 41 heavy (non-hydrogen) atoms. The maximum absolute atomic E-state index is 10.7. The van der Waals surface area contributed by atoms with E-state index in [1.54, 1.807) is 18.9 Å². The number of hydrogen-bond donors (Lipinski definition) is 3. The molecule has 3 heterocycles. The molecule has 1 aromatic carbocycles. The topological polar surface area (TPSA) is 103 Å². The van der Waals surface area contributed by atoms with Crippen molar-refractivity contribution in [2.24, 2.45) is 17.5 Å². The number of ether oxygens (including phenoxy) is 1. The molecule has 0 amide bonds. The van der Waals surface area contributed by atoms with Crippen molar-refractivity contribution >= 4 is 17.1 Å². The van der Waals surface area contributed by atoms with Crippen molar-refractivity contribution in [1.82, 2.24) is 14.6 Å². The summed E-state index contributed by atoms with van der Waals surface area (Å²) in [4.78, 5) is 4.96. The van der Waals surface area contributed by atoms with Gasteiger partial charge in [-0.3, -0.25) is 0 Å². The van der Waals surface area contributed by atoms with Crippen LogP contribution in [0.2, 0.25) is 0 Å². The zero-order valence-electron chi connectivity index (χ0n) is 25.9. The maximum Gasteiger partial charge on any atom is 0.141 e. The first kappa shape index (κ1) is 32.1. The number of fused-ring (bicyclic) bond motifs is 1. The van der Waals surface area contributed by atoms with Gasteiger partial charge in [-0.15, -0.1) is 0 Å². The number of allylic oxidation sites excluding steroid dienone is 3. The van der Waals surface area contributed by atoms with Gasteiger partial charge >= 0.3 is 0 Å². The summed E-state index contributed by atoms with van der Waals surface area (Å²) >= 11 is 0. The van der Waals surface area contributed by atoms with Crippen molar-refractivity contribution in [3.63, 3.8) is 0 Å². The first-order valence-electron chi connectivity index (χ1n) is 14.6. The predicted octanol–water partition coefficient (Wildman–Crippen LogP) is 6.42. The standard InChI is InChI=1S/C28H43N5O2.C6H6/c1-8-18(2)15-22(26(20(4)29)32(7)30)16-24-19(3)23-9-10-25(28(5,6)34)31-27(23)33(24)17-21-11-13-35-14-12-21;1-2-4-6-5-3-1/h9-10,15-16,21,34H,8,11-14,17,29-30H2,1-7H3;1-6H/b18-15+,22-16+,26-20-;. The molecule has 1 aliphatic heterocycles. The molecule has 222 valence electrons. The van der Waals surface area contributed by atoms with Gasteiger partial charge in [0.15, 0.2) is 0 Å². The summed E-state index contributed by atoms with van der Waals surface area (Å²) in [7, 11) is 1.82. The fraction of sp³-hybridized carbons (Fsp3) is 0.441. The Hall–Kier alpha value is -3.39. The molecule has 1 saturated heterocycles. The van der Waals surface area contributed by atoms with E-state index < -0.39 is 5.60 Å². The molecule has 1 aliphatic rings. The number of rotatable bonds is 8. The third-order valence-electron chi connectivity index (χ3n) is 7.54. The van der Waals surface area contributed by atoms with E-state index in [0.717, 1.165) is 72.6 Å². The number of hydrazine groups is 1. The van der Waals surface area contributed by atoms with Crippen LogP contribution >= 0.6 is 0 Å². The molecule has 0 saturated carbocycles. The summed E-state index contributed by atoms with van der Waals surface area (Å²) in [6.45, 7) is 14.2. The Labute approximate surface area is 246 Å². The maximum atomic E-state index is 10.7. The molecule has 0 radical (unpaired) electrons. The number of aryl methyl sites for hydroxylation is 1. The highest BCUT2D eigenvalue weighted by Crippen LogP contribution is 2.32. The second kappa shape index (κ2) is 14.5. The predicted molar refractivity (Wildman–Crippen MR) is 171 cm³/mol. The smallest absolute Gasteiger partial charge is 0.141 e. The highest BCUT2D eigenvalue weighted by molar-refractivity contribution is 5.86. The summed E-state index contributed by atoms with van der Waals surface area (Å²) < 4.78 is 7.92. The third kappa shape index (κ3) is 8.55. The van der Waals surface area contributed by atoms with E-state index in [4.69, 9.17) is 21.3 Å². The number of aromatic nitrogens is 2. The van der Waals surface area contributed by atoms with E-state index in [-0.39, 0.29) is 0 Å². The lowest BCUT2D eigenvalue weighted by Crippen LogP contribution is -2.28. The minimum Gasteiger partial charge on any atom is -0.401 e. The highest BCUT2D eigenvalue weighted by Gasteiger charge is 2.24. The van der Waals surface area contributed by atoms with E-state index in [2.05, 4.69) is 43.6 Å². The molecule has 0 aliphatic carbocycles. The zero-order chi connectivity index (χ0) is 30.2. The van der Waals surface area contributed by atoms with Crippen LogP contribution in [-0.4, -0.2) is 39.9 Å². The van der Waals surface area contributed by atoms with Crippen LogP contribution in [0, 0.1) is 12.8 Å². The molecule has 0 spiro atoms. The van der Waals surface area contributed by atoms with Crippen LogP contribution in [0.3, 0.4) is 0 Å². The number of nitrogens with zero attached hydrogens (tertiary/aromatic N) is 3. The van der Waals surface area contributed by atoms with Crippen LogP contribution in [0.5, 0.6) is 0 Å². The lowest BCUT2D eigenvalue weighted by molar-refractivity contribution is 0.0615. The molecule has 0 atom stereocenters. The van der Waals surface area contributed by atoms with Gasteiger partial charge in [0.2, 0.25) is 0 Å². The van der Waals surface area contributed by atoms with E-state index in [1.165, 1.54) is 5.57 Å². The van der Waals surface area contributed by atoms with Crippen LogP contribution in [0.25, 0.3) is 17.1 Å². The number of pyridine rings is 1. The average Bonchev–Trinajstić information content (AvgIpc) is 3.19. The molecule has 4 rings (SSSR count). The van der Waals surface area contributed by atoms with Crippen LogP contribution in [0.1, 0.15) is 70.8 Å². The Kier molecular flexibility index (Phi) is 11.4. The minimum absolute atomic E-state index is 0.498. The Balaban J connectivity index is 0.000000681. The largest absolute Gasteiger partial charge is 0.401 e. The summed E-state index contributed by atoms with van der Waals surface area (Å²) in [5.74, 6) is 6.74. The van der Waals surface area contributed by atoms with Gasteiger partial charge in [0.1, 0.15) is 11.2 Å². The van der Waals surface area contributed by atoms with Crippen molar-refractivity contribution in [2.75, 3.05) is 20.3 Å². The van der Waals surface area contributed by atoms with Gasteiger partial charge < -0.3 is 25.2 Å². The average molecular weight is 560 g/mol. The molecule has 5 N–H and O–H groups in total. The van der Waals surface area contributed by atoms with Gasteiger partial charge in [0.25, 0.3) is 0 Å². The summed E-state index contributed by atoms with van der Waals surface area (Å²) in [5.41, 5.74) is 12.7. The number of likely N-dealkylation sites (N-methyl/N-ethyl adjacent to an activating group) is 1. The minimum atomic E-state index is -1.02. The highest BCUT2D eigenvalue weighted by atomic mass is 16.5. The quantitative estimate of drug-likeness (QED) is 0.167. The van der Waals surface area contributed by atoms with Gasteiger partial charge in [-0.2, -0.15) is 0 Å². The number of hydrogen-bond acceptors (Lipinski definition) is 6. The van der Waals surface area contributed by atoms with Crippen molar-refractivity contribution in [3.8, 4) is 0 Å². The molecule has 7 heteroatoms. The Bertz CT molecular complexity index is 1340. The van der Waals surface area contributed by atoms with Gasteiger partial charge in [-0.25, -0.2) is 10.8 Å². The first-order valence-corrected chi connectivity index (χ1v) is 14.6. The molecule has 7 nitrogen and oxygen atoms in total. The fourth-order valence-corrected chi connectivity index (χ4v) is 5.09. The molecule has 0 unspecified atom stereocenters. The van der Waals surface area contributed by atoms with E-state index >= 15 is 0 Å². The lowest BCUT2D eigenvalue weighted by Gasteiger charge is -2.24. The third-order valence-corrected chi connectivity index (χ3v) is 7.54. The summed E-state index contributed by atoms with van der Waals surface area (Å²) in [6.07, 6.45) is 7.33. The summed E-state index contributed by atoms with van der Waals surface area (Å²) in [6, 6.07) is 16.0. The van der Waals surface area contributed by atoms with Crippen molar-refractivity contribution < 1.29 is 9.84 Å². The van der Waals surface area contributed by atoms with Gasteiger partial charge in [-0.1, -0.05) is 55.0 Å². The number of aliphatic hydroxyl groups is 1. The van der Waals surface area contributed by atoms with Crippen molar-refractivity contribution in [3.05, 3.63) is 94.1 Å². The molecular formula is C34H49N5O2. The van der Waals surface area contributed by atoms with E-state index in [9.17, 15) is 5.11 Å². The van der Waals surface area contributed by atoms with Crippen molar-refractivity contribution in [1.29, 1.82) is 0 Å². The van der Waals surface area contributed by atoms with Crippen LogP contribution in [0.4, 0.5) is 0 Å². The number of nitrogens with two attached hydrogens (primary N) is 2.